The van der Waals surface area contributed by atoms with Gasteiger partial charge < -0.3 is 29.0 Å². The molecule has 2 saturated heterocycles. The van der Waals surface area contributed by atoms with Crippen LogP contribution < -0.4 is 14.4 Å². The lowest BCUT2D eigenvalue weighted by Crippen LogP contribution is -2.46. The largest absolute Gasteiger partial charge is 0.468 e. The molecule has 0 amide bonds. The van der Waals surface area contributed by atoms with E-state index in [9.17, 15) is 9.90 Å². The summed E-state index contributed by atoms with van der Waals surface area (Å²) in [6.45, 7) is 8.04. The Balaban J connectivity index is 1.44. The van der Waals surface area contributed by atoms with Crippen LogP contribution in [0.15, 0.2) is 30.5 Å². The highest BCUT2D eigenvalue weighted by Gasteiger charge is 2.32. The fourth-order valence-electron chi connectivity index (χ4n) is 6.86. The zero-order chi connectivity index (χ0) is 34.7. The molecule has 4 aromatic rings. The quantitative estimate of drug-likeness (QED) is 0.162. The van der Waals surface area contributed by atoms with E-state index >= 15 is 8.78 Å². The number of pyridine rings is 1. The van der Waals surface area contributed by atoms with E-state index < -0.39 is 17.2 Å². The summed E-state index contributed by atoms with van der Waals surface area (Å²) in [4.78, 5) is 29.9. The number of aliphatic hydroxyl groups is 1. The molecule has 49 heavy (non-hydrogen) atoms. The van der Waals surface area contributed by atoms with Crippen molar-refractivity contribution in [1.29, 1.82) is 0 Å². The molecule has 2 aliphatic rings. The fourth-order valence-corrected chi connectivity index (χ4v) is 6.86. The van der Waals surface area contributed by atoms with E-state index in [1.807, 2.05) is 16.7 Å². The van der Waals surface area contributed by atoms with E-state index in [1.54, 1.807) is 32.0 Å². The van der Waals surface area contributed by atoms with E-state index in [4.69, 9.17) is 23.9 Å². The molecule has 2 aromatic carbocycles. The lowest BCUT2D eigenvalue weighted by molar-refractivity contribution is -0.144. The van der Waals surface area contributed by atoms with Crippen molar-refractivity contribution in [1.82, 2.24) is 19.9 Å². The van der Waals surface area contributed by atoms with Crippen LogP contribution in [0.2, 0.25) is 0 Å². The Morgan fingerprint density at radius 2 is 1.92 bits per heavy atom. The zero-order valence-electron chi connectivity index (χ0n) is 28.4. The van der Waals surface area contributed by atoms with Crippen LogP contribution >= 0.6 is 0 Å². The maximum Gasteiger partial charge on any atom is 0.320 e. The van der Waals surface area contributed by atoms with E-state index in [2.05, 4.69) is 9.97 Å². The van der Waals surface area contributed by atoms with Crippen molar-refractivity contribution in [3.8, 4) is 23.0 Å². The number of benzene rings is 2. The van der Waals surface area contributed by atoms with E-state index in [1.165, 1.54) is 19.4 Å². The first kappa shape index (κ1) is 34.7. The number of rotatable bonds is 11. The number of fused-ring (bicyclic) bond motifs is 2. The van der Waals surface area contributed by atoms with Gasteiger partial charge >= 0.3 is 12.0 Å². The normalized spacial score (nSPS) is 19.0. The maximum atomic E-state index is 17.0. The number of esters is 1. The molecule has 0 bridgehead atoms. The van der Waals surface area contributed by atoms with Gasteiger partial charge in [-0.05, 0) is 80.5 Å². The van der Waals surface area contributed by atoms with E-state index in [-0.39, 0.29) is 49.2 Å². The first-order chi connectivity index (χ1) is 23.6. The van der Waals surface area contributed by atoms with Crippen molar-refractivity contribution in [2.45, 2.75) is 64.6 Å². The molecule has 0 unspecified atom stereocenters. The first-order valence-electron chi connectivity index (χ1n) is 16.9. The van der Waals surface area contributed by atoms with Gasteiger partial charge in [0, 0.05) is 45.0 Å². The standard InChI is InChI=1S/C36H43F2N5O6/c1-5-25-28(37)9-8-22-16-24(48-21-46-4)17-26(30(22)25)32-31(38)33-27(18-39-32)34(43-13-7-12-36(3,45)20-43)41-35(40-33)49-23-10-14-42(15-11-23)19-29(44)47-6-2/h8-9,16-18,23,45H,5-7,10-15,19-21H2,1-4H3/t36-/m1/s1. The molecule has 0 spiro atoms. The molecule has 0 saturated carbocycles. The van der Waals surface area contributed by atoms with Gasteiger partial charge in [0.05, 0.1) is 24.1 Å². The van der Waals surface area contributed by atoms with Crippen molar-refractivity contribution in [3.63, 3.8) is 0 Å². The number of hydrogen-bond donors (Lipinski definition) is 1. The summed E-state index contributed by atoms with van der Waals surface area (Å²) in [5.41, 5.74) is -0.188. The molecular formula is C36H43F2N5O6. The summed E-state index contributed by atoms with van der Waals surface area (Å²) in [6.07, 6.45) is 4.22. The van der Waals surface area contributed by atoms with Crippen molar-refractivity contribution < 1.29 is 37.6 Å². The van der Waals surface area contributed by atoms with Gasteiger partial charge in [-0.25, -0.2) is 8.78 Å². The monoisotopic (exact) mass is 679 g/mol. The third kappa shape index (κ3) is 7.53. The molecule has 1 N–H and O–H groups in total. The summed E-state index contributed by atoms with van der Waals surface area (Å²) in [5.74, 6) is -0.542. The minimum absolute atomic E-state index is 0.000720. The molecule has 11 nitrogen and oxygen atoms in total. The molecule has 262 valence electrons. The van der Waals surface area contributed by atoms with Crippen LogP contribution in [0.5, 0.6) is 11.8 Å². The number of likely N-dealkylation sites (tertiary alicyclic amines) is 1. The summed E-state index contributed by atoms with van der Waals surface area (Å²) in [6, 6.07) is 6.45. The second-order valence-electron chi connectivity index (χ2n) is 12.9. The Labute approximate surface area is 284 Å². The van der Waals surface area contributed by atoms with E-state index in [0.29, 0.717) is 97.2 Å². The Morgan fingerprint density at radius 3 is 2.63 bits per heavy atom. The van der Waals surface area contributed by atoms with Gasteiger partial charge in [0.1, 0.15) is 34.7 Å². The Morgan fingerprint density at radius 1 is 1.12 bits per heavy atom. The molecule has 6 rings (SSSR count). The third-order valence-corrected chi connectivity index (χ3v) is 9.18. The van der Waals surface area contributed by atoms with Crippen LogP contribution in [0.1, 0.15) is 52.0 Å². The number of aryl methyl sites for hydroxylation is 1. The SMILES string of the molecule is CCOC(=O)CN1CCC(Oc2nc(N3CCC[C@@](C)(O)C3)c3cnc(-c4cc(OCOC)cc5ccc(F)c(CC)c45)c(F)c3n2)CC1. The molecule has 2 fully saturated rings. The second kappa shape index (κ2) is 14.7. The number of aromatic nitrogens is 3. The van der Waals surface area contributed by atoms with Crippen LogP contribution in [0.4, 0.5) is 14.6 Å². The smallest absolute Gasteiger partial charge is 0.320 e. The van der Waals surface area contributed by atoms with Crippen molar-refractivity contribution in [3.05, 3.63) is 47.7 Å². The molecule has 0 radical (unpaired) electrons. The Bertz CT molecular complexity index is 1830. The number of methoxy groups -OCH3 is 1. The summed E-state index contributed by atoms with van der Waals surface area (Å²) < 4.78 is 54.4. The van der Waals surface area contributed by atoms with Gasteiger partial charge in [0.25, 0.3) is 0 Å². The molecule has 2 aliphatic heterocycles. The lowest BCUT2D eigenvalue weighted by atomic mass is 9.94. The minimum atomic E-state index is -0.962. The Kier molecular flexibility index (Phi) is 10.4. The van der Waals surface area contributed by atoms with Gasteiger partial charge in [0.2, 0.25) is 0 Å². The highest BCUT2D eigenvalue weighted by molar-refractivity contribution is 6.01. The van der Waals surface area contributed by atoms with Gasteiger partial charge in [-0.15, -0.1) is 0 Å². The van der Waals surface area contributed by atoms with Crippen molar-refractivity contribution >= 4 is 33.5 Å². The number of β-amino-alcohol motifs (C(OH)–C–C–N with tert-alkyl or cyclic N) is 1. The number of ether oxygens (including phenoxy) is 4. The summed E-state index contributed by atoms with van der Waals surface area (Å²) >= 11 is 0. The molecule has 0 aliphatic carbocycles. The lowest BCUT2D eigenvalue weighted by Gasteiger charge is -2.38. The predicted octanol–water partition coefficient (Wildman–Crippen LogP) is 5.43. The number of nitrogens with zero attached hydrogens (tertiary/aromatic N) is 5. The van der Waals surface area contributed by atoms with Gasteiger partial charge in [0.15, 0.2) is 12.6 Å². The van der Waals surface area contributed by atoms with Crippen LogP contribution in [0.3, 0.4) is 0 Å². The number of piperidine rings is 2. The van der Waals surface area contributed by atoms with Crippen LogP contribution in [0, 0.1) is 11.6 Å². The summed E-state index contributed by atoms with van der Waals surface area (Å²) in [7, 11) is 1.50. The highest BCUT2D eigenvalue weighted by Crippen LogP contribution is 2.40. The second-order valence-corrected chi connectivity index (χ2v) is 12.9. The zero-order valence-corrected chi connectivity index (χ0v) is 28.4. The van der Waals surface area contributed by atoms with Crippen LogP contribution in [-0.2, 0) is 20.7 Å². The number of hydrogen-bond acceptors (Lipinski definition) is 11. The van der Waals surface area contributed by atoms with E-state index in [0.717, 1.165) is 0 Å². The fraction of sp³-hybridized carbons (Fsp3) is 0.500. The molecule has 2 aromatic heterocycles. The average molecular weight is 680 g/mol. The number of carbonyl (C=O) groups is 1. The third-order valence-electron chi connectivity index (χ3n) is 9.18. The Hall–Kier alpha value is -4.20. The topological polar surface area (TPSA) is 119 Å². The minimum Gasteiger partial charge on any atom is -0.468 e. The number of carbonyl (C=O) groups excluding carboxylic acids is 1. The average Bonchev–Trinajstić information content (AvgIpc) is 3.08. The first-order valence-corrected chi connectivity index (χ1v) is 16.9. The van der Waals surface area contributed by atoms with Crippen LogP contribution in [0.25, 0.3) is 32.9 Å². The van der Waals surface area contributed by atoms with Crippen molar-refractivity contribution in [2.75, 3.05) is 58.1 Å². The summed E-state index contributed by atoms with van der Waals surface area (Å²) in [5, 5.41) is 12.5. The highest BCUT2D eigenvalue weighted by atomic mass is 19.1. The molecular weight excluding hydrogens is 636 g/mol. The van der Waals surface area contributed by atoms with Crippen molar-refractivity contribution in [2.24, 2.45) is 0 Å². The maximum absolute atomic E-state index is 17.0. The number of halogens is 2. The molecule has 4 heterocycles. The van der Waals surface area contributed by atoms with Gasteiger partial charge in [-0.3, -0.25) is 14.7 Å². The van der Waals surface area contributed by atoms with Gasteiger partial charge in [-0.2, -0.15) is 9.97 Å². The molecule has 1 atom stereocenters. The van der Waals surface area contributed by atoms with Crippen LogP contribution in [-0.4, -0.2) is 95.9 Å². The van der Waals surface area contributed by atoms with Gasteiger partial charge in [-0.1, -0.05) is 13.0 Å². The molecule has 13 heteroatoms. The number of anilines is 1. The predicted molar refractivity (Wildman–Crippen MR) is 181 cm³/mol.